The van der Waals surface area contributed by atoms with Crippen molar-refractivity contribution in [2.75, 3.05) is 6.61 Å². The summed E-state index contributed by atoms with van der Waals surface area (Å²) in [5, 5.41) is 0. The van der Waals surface area contributed by atoms with Crippen LogP contribution in [0.1, 0.15) is 19.4 Å². The van der Waals surface area contributed by atoms with Gasteiger partial charge in [-0.1, -0.05) is 19.1 Å². The van der Waals surface area contributed by atoms with Crippen LogP contribution in [0, 0.1) is 0 Å². The average molecular weight is 314 g/mol. The van der Waals surface area contributed by atoms with Crippen molar-refractivity contribution in [3.63, 3.8) is 0 Å². The lowest BCUT2D eigenvalue weighted by Crippen LogP contribution is -2.30. The van der Waals surface area contributed by atoms with Crippen LogP contribution >= 0.6 is 0 Å². The molecule has 0 radical (unpaired) electrons. The van der Waals surface area contributed by atoms with Gasteiger partial charge in [0, 0.05) is 6.07 Å². The van der Waals surface area contributed by atoms with Gasteiger partial charge in [-0.3, -0.25) is 0 Å². The van der Waals surface area contributed by atoms with Crippen LogP contribution in [0.5, 0.6) is 23.0 Å². The molecular formula is C18H18O5. The Labute approximate surface area is 134 Å². The van der Waals surface area contributed by atoms with Crippen LogP contribution in [0.25, 0.3) is 0 Å². The summed E-state index contributed by atoms with van der Waals surface area (Å²) in [6.45, 7) is 4.12. The number of carbonyl (C=O) groups is 1. The van der Waals surface area contributed by atoms with Crippen LogP contribution in [0.3, 0.4) is 0 Å². The summed E-state index contributed by atoms with van der Waals surface area (Å²) in [5.41, 5.74) is 1.25. The second-order valence-electron chi connectivity index (χ2n) is 5.03. The molecule has 3 rings (SSSR count). The summed E-state index contributed by atoms with van der Waals surface area (Å²) in [4.78, 5) is 11.6. The average Bonchev–Trinajstić information content (AvgIpc) is 2.99. The highest BCUT2D eigenvalue weighted by atomic mass is 16.7. The van der Waals surface area contributed by atoms with Crippen LogP contribution in [0.15, 0.2) is 42.5 Å². The van der Waals surface area contributed by atoms with Crippen molar-refractivity contribution < 1.29 is 23.7 Å². The maximum Gasteiger partial charge on any atom is 0.389 e. The molecule has 0 aromatic heterocycles. The number of rotatable bonds is 5. The predicted octanol–water partition coefficient (Wildman–Crippen LogP) is 3.70. The van der Waals surface area contributed by atoms with Gasteiger partial charge in [0.2, 0.25) is 0 Å². The van der Waals surface area contributed by atoms with Crippen LogP contribution in [0.4, 0.5) is 0 Å². The minimum Gasteiger partial charge on any atom is -0.460 e. The molecule has 2 aromatic carbocycles. The van der Waals surface area contributed by atoms with Gasteiger partial charge in [0.15, 0.2) is 11.5 Å². The van der Waals surface area contributed by atoms with Crippen LogP contribution in [0.2, 0.25) is 0 Å². The zero-order valence-electron chi connectivity index (χ0n) is 13.1. The third kappa shape index (κ3) is 3.39. The number of carbonyl (C=O) groups excluding carboxylic acids is 1. The Balaban J connectivity index is 1.70. The number of hydrogen-bond donors (Lipinski definition) is 0. The van der Waals surface area contributed by atoms with Crippen molar-refractivity contribution in [1.29, 1.82) is 0 Å². The van der Waals surface area contributed by atoms with Gasteiger partial charge < -0.3 is 18.9 Å². The Morgan fingerprint density at radius 3 is 2.39 bits per heavy atom. The van der Waals surface area contributed by atoms with E-state index in [1.54, 1.807) is 25.1 Å². The summed E-state index contributed by atoms with van der Waals surface area (Å²) in [6, 6.07) is 13.1. The highest BCUT2D eigenvalue weighted by molar-refractivity contribution is 5.75. The van der Waals surface area contributed by atoms with Crippen LogP contribution < -0.4 is 14.2 Å². The molecule has 0 bridgehead atoms. The minimum atomic E-state index is -1.05. The van der Waals surface area contributed by atoms with Gasteiger partial charge in [-0.15, -0.1) is 0 Å². The Kier molecular flexibility index (Phi) is 4.37. The number of benzene rings is 2. The molecule has 1 heterocycles. The molecule has 120 valence electrons. The first-order valence-electron chi connectivity index (χ1n) is 7.60. The van der Waals surface area contributed by atoms with E-state index in [0.29, 0.717) is 17.2 Å². The van der Waals surface area contributed by atoms with E-state index in [1.807, 2.05) is 24.3 Å². The number of fused-ring (bicyclic) bond motifs is 1. The van der Waals surface area contributed by atoms with Crippen molar-refractivity contribution in [3.8, 4) is 23.0 Å². The summed E-state index contributed by atoms with van der Waals surface area (Å²) in [6.07, 6.45) is -0.0662. The van der Waals surface area contributed by atoms with Gasteiger partial charge >= 0.3 is 12.3 Å². The quantitative estimate of drug-likeness (QED) is 0.788. The molecular weight excluding hydrogens is 296 g/mol. The van der Waals surface area contributed by atoms with E-state index in [9.17, 15) is 4.79 Å². The third-order valence-electron chi connectivity index (χ3n) is 3.43. The summed E-state index contributed by atoms with van der Waals surface area (Å²) < 4.78 is 21.5. The van der Waals surface area contributed by atoms with Gasteiger partial charge in [0.1, 0.15) is 11.5 Å². The van der Waals surface area contributed by atoms with Crippen molar-refractivity contribution in [2.24, 2.45) is 0 Å². The first-order chi connectivity index (χ1) is 11.2. The summed E-state index contributed by atoms with van der Waals surface area (Å²) >= 11 is 0. The zero-order chi connectivity index (χ0) is 16.2. The zero-order valence-corrected chi connectivity index (χ0v) is 13.1. The molecule has 0 fully saturated rings. The van der Waals surface area contributed by atoms with Crippen LogP contribution in [-0.4, -0.2) is 18.9 Å². The minimum absolute atomic E-state index is 0.278. The SMILES string of the molecule is CCOC(=O)[C@@H]1Oc2ccc(Oc3ccc(CC)cc3)cc2O1. The fourth-order valence-electron chi connectivity index (χ4n) is 2.23. The smallest absolute Gasteiger partial charge is 0.389 e. The Bertz CT molecular complexity index is 693. The lowest BCUT2D eigenvalue weighted by Gasteiger charge is -2.08. The topological polar surface area (TPSA) is 54.0 Å². The van der Waals surface area contributed by atoms with Crippen molar-refractivity contribution >= 4 is 5.97 Å². The molecule has 5 heteroatoms. The van der Waals surface area contributed by atoms with E-state index >= 15 is 0 Å². The second-order valence-corrected chi connectivity index (χ2v) is 5.03. The molecule has 5 nitrogen and oxygen atoms in total. The van der Waals surface area contributed by atoms with Gasteiger partial charge in [-0.25, -0.2) is 4.79 Å². The molecule has 0 saturated heterocycles. The molecule has 2 aromatic rings. The lowest BCUT2D eigenvalue weighted by molar-refractivity contribution is -0.161. The molecule has 0 spiro atoms. The highest BCUT2D eigenvalue weighted by Gasteiger charge is 2.32. The van der Waals surface area contributed by atoms with Gasteiger partial charge in [0.25, 0.3) is 0 Å². The molecule has 0 saturated carbocycles. The molecule has 0 aliphatic carbocycles. The van der Waals surface area contributed by atoms with Gasteiger partial charge in [-0.2, -0.15) is 0 Å². The highest BCUT2D eigenvalue weighted by Crippen LogP contribution is 2.39. The van der Waals surface area contributed by atoms with E-state index < -0.39 is 12.3 Å². The first-order valence-corrected chi connectivity index (χ1v) is 7.60. The molecule has 1 aliphatic heterocycles. The van der Waals surface area contributed by atoms with Crippen molar-refractivity contribution in [1.82, 2.24) is 0 Å². The summed E-state index contributed by atoms with van der Waals surface area (Å²) in [7, 11) is 0. The lowest BCUT2D eigenvalue weighted by atomic mass is 10.2. The maximum absolute atomic E-state index is 11.6. The molecule has 0 unspecified atom stereocenters. The molecule has 0 amide bonds. The number of esters is 1. The van der Waals surface area contributed by atoms with Crippen molar-refractivity contribution in [3.05, 3.63) is 48.0 Å². The largest absolute Gasteiger partial charge is 0.460 e. The van der Waals surface area contributed by atoms with Gasteiger partial charge in [-0.05, 0) is 43.2 Å². The van der Waals surface area contributed by atoms with E-state index in [0.717, 1.165) is 12.2 Å². The Hall–Kier alpha value is -2.69. The molecule has 0 N–H and O–H groups in total. The number of ether oxygens (including phenoxy) is 4. The third-order valence-corrected chi connectivity index (χ3v) is 3.43. The van der Waals surface area contributed by atoms with E-state index in [1.165, 1.54) is 5.56 Å². The van der Waals surface area contributed by atoms with E-state index in [2.05, 4.69) is 6.92 Å². The molecule has 1 aliphatic rings. The monoisotopic (exact) mass is 314 g/mol. The maximum atomic E-state index is 11.6. The molecule has 1 atom stereocenters. The normalized spacial score (nSPS) is 15.3. The predicted molar refractivity (Wildman–Crippen MR) is 84.0 cm³/mol. The molecule has 23 heavy (non-hydrogen) atoms. The number of aryl methyl sites for hydroxylation is 1. The second kappa shape index (κ2) is 6.60. The van der Waals surface area contributed by atoms with Crippen LogP contribution in [-0.2, 0) is 16.0 Å². The Morgan fingerprint density at radius 2 is 1.70 bits per heavy atom. The number of hydrogen-bond acceptors (Lipinski definition) is 5. The Morgan fingerprint density at radius 1 is 1.00 bits per heavy atom. The van der Waals surface area contributed by atoms with E-state index in [-0.39, 0.29) is 6.61 Å². The van der Waals surface area contributed by atoms with Crippen molar-refractivity contribution in [2.45, 2.75) is 26.6 Å². The fraction of sp³-hybridized carbons (Fsp3) is 0.278. The standard InChI is InChI=1S/C18H18O5/c1-3-12-5-7-13(8-6-12)21-14-9-10-15-16(11-14)23-18(22-15)17(19)20-4-2/h5-11,18H,3-4H2,1-2H3/t18-/m1/s1. The van der Waals surface area contributed by atoms with Gasteiger partial charge in [0.05, 0.1) is 6.61 Å². The first kappa shape index (κ1) is 15.2. The summed E-state index contributed by atoms with van der Waals surface area (Å²) in [5.74, 6) is 1.77. The van der Waals surface area contributed by atoms with E-state index in [4.69, 9.17) is 18.9 Å². The fourth-order valence-corrected chi connectivity index (χ4v) is 2.23.